The van der Waals surface area contributed by atoms with Crippen LogP contribution in [0.3, 0.4) is 0 Å². The van der Waals surface area contributed by atoms with Crippen molar-refractivity contribution in [2.75, 3.05) is 26.5 Å². The van der Waals surface area contributed by atoms with E-state index in [0.717, 1.165) is 31.5 Å². The Labute approximate surface area is 135 Å². The molecule has 1 aromatic rings. The van der Waals surface area contributed by atoms with Gasteiger partial charge in [0.15, 0.2) is 11.5 Å². The summed E-state index contributed by atoms with van der Waals surface area (Å²) < 4.78 is 15.5. The molecule has 23 heavy (non-hydrogen) atoms. The molecule has 2 aliphatic heterocycles. The predicted octanol–water partition coefficient (Wildman–Crippen LogP) is 1.83. The van der Waals surface area contributed by atoms with Crippen LogP contribution >= 0.6 is 0 Å². The maximum atomic E-state index is 11.5. The number of phenols is 1. The van der Waals surface area contributed by atoms with Crippen LogP contribution in [0.4, 0.5) is 4.79 Å². The number of nitrogens with one attached hydrogen (secondary N) is 1. The summed E-state index contributed by atoms with van der Waals surface area (Å²) in [7, 11) is 0. The van der Waals surface area contributed by atoms with Gasteiger partial charge in [0.05, 0.1) is 6.61 Å². The average Bonchev–Trinajstić information content (AvgIpc) is 2.95. The Balaban J connectivity index is 1.60. The fourth-order valence-corrected chi connectivity index (χ4v) is 3.00. The molecule has 1 aromatic carbocycles. The van der Waals surface area contributed by atoms with Crippen molar-refractivity contribution in [1.29, 1.82) is 0 Å². The van der Waals surface area contributed by atoms with Crippen molar-refractivity contribution >= 4 is 6.09 Å². The lowest BCUT2D eigenvalue weighted by atomic mass is 10.0. The molecule has 1 atom stereocenters. The molecule has 7 heteroatoms. The maximum Gasteiger partial charge on any atom is 0.407 e. The first-order valence-corrected chi connectivity index (χ1v) is 7.93. The molecule has 2 aliphatic rings. The molecule has 1 amide bonds. The number of alkyl carbamates (subject to hydrolysis) is 1. The van der Waals surface area contributed by atoms with E-state index in [1.807, 2.05) is 6.07 Å². The Bertz CT molecular complexity index is 578. The van der Waals surface area contributed by atoms with E-state index >= 15 is 0 Å². The molecular weight excluding hydrogens is 300 g/mol. The van der Waals surface area contributed by atoms with Crippen LogP contribution in [0, 0.1) is 0 Å². The van der Waals surface area contributed by atoms with Gasteiger partial charge in [0.1, 0.15) is 5.75 Å². The fraction of sp³-hybridized carbons (Fsp3) is 0.562. The number of carbonyl (C=O) groups is 1. The second kappa shape index (κ2) is 6.95. The number of aromatic hydroxyl groups is 1. The molecule has 7 nitrogen and oxygen atoms in total. The number of fused-ring (bicyclic) bond motifs is 1. The highest BCUT2D eigenvalue weighted by Crippen LogP contribution is 2.38. The van der Waals surface area contributed by atoms with E-state index in [0.29, 0.717) is 24.7 Å². The molecule has 126 valence electrons. The lowest BCUT2D eigenvalue weighted by molar-refractivity contribution is 0.132. The highest BCUT2D eigenvalue weighted by molar-refractivity contribution is 5.67. The minimum Gasteiger partial charge on any atom is -0.507 e. The van der Waals surface area contributed by atoms with Crippen molar-refractivity contribution in [3.63, 3.8) is 0 Å². The zero-order valence-corrected chi connectivity index (χ0v) is 13.2. The molecule has 0 spiro atoms. The third kappa shape index (κ3) is 3.79. The van der Waals surface area contributed by atoms with E-state index in [-0.39, 0.29) is 24.7 Å². The molecular formula is C16H22N2O5. The summed E-state index contributed by atoms with van der Waals surface area (Å²) in [5.41, 5.74) is 0.797. The fourth-order valence-electron chi connectivity index (χ4n) is 3.00. The number of hydrogen-bond acceptors (Lipinski definition) is 6. The molecule has 1 saturated heterocycles. The van der Waals surface area contributed by atoms with Crippen LogP contribution in [0.2, 0.25) is 0 Å². The zero-order chi connectivity index (χ0) is 16.2. The normalized spacial score (nSPS) is 20.3. The molecule has 0 saturated carbocycles. The molecule has 2 N–H and O–H groups in total. The molecule has 2 heterocycles. The average molecular weight is 322 g/mol. The van der Waals surface area contributed by atoms with Gasteiger partial charge in [0.2, 0.25) is 6.79 Å². The van der Waals surface area contributed by atoms with Crippen LogP contribution in [0.25, 0.3) is 0 Å². The highest BCUT2D eigenvalue weighted by Gasteiger charge is 2.24. The van der Waals surface area contributed by atoms with Gasteiger partial charge in [-0.25, -0.2) is 4.79 Å². The van der Waals surface area contributed by atoms with E-state index in [4.69, 9.17) is 14.2 Å². The number of likely N-dealkylation sites (tertiary alicyclic amines) is 1. The Hall–Kier alpha value is -2.15. The number of ether oxygens (including phenoxy) is 3. The van der Waals surface area contributed by atoms with Gasteiger partial charge in [0, 0.05) is 30.8 Å². The van der Waals surface area contributed by atoms with E-state index in [9.17, 15) is 9.90 Å². The van der Waals surface area contributed by atoms with Crippen molar-refractivity contribution < 1.29 is 24.1 Å². The second-order valence-electron chi connectivity index (χ2n) is 5.77. The van der Waals surface area contributed by atoms with Gasteiger partial charge < -0.3 is 24.6 Å². The number of carbonyl (C=O) groups excluding carboxylic acids is 1. The molecule has 0 aromatic heterocycles. The van der Waals surface area contributed by atoms with Crippen LogP contribution in [0.1, 0.15) is 25.3 Å². The van der Waals surface area contributed by atoms with Crippen LogP contribution in [-0.4, -0.2) is 48.6 Å². The lowest BCUT2D eigenvalue weighted by Crippen LogP contribution is -2.47. The van der Waals surface area contributed by atoms with Gasteiger partial charge in [-0.1, -0.05) is 0 Å². The van der Waals surface area contributed by atoms with Crippen molar-refractivity contribution in [3.8, 4) is 17.2 Å². The number of rotatable bonds is 4. The SMILES string of the molecule is CCOC(=O)NC1CCCN(Cc2cc3c(cc2O)OCO3)C1. The molecule has 0 aliphatic carbocycles. The lowest BCUT2D eigenvalue weighted by Gasteiger charge is -2.33. The van der Waals surface area contributed by atoms with Gasteiger partial charge >= 0.3 is 6.09 Å². The van der Waals surface area contributed by atoms with Crippen molar-refractivity contribution in [2.24, 2.45) is 0 Å². The van der Waals surface area contributed by atoms with Gasteiger partial charge in [-0.05, 0) is 32.4 Å². The monoisotopic (exact) mass is 322 g/mol. The van der Waals surface area contributed by atoms with Gasteiger partial charge in [-0.2, -0.15) is 0 Å². The van der Waals surface area contributed by atoms with E-state index in [2.05, 4.69) is 10.2 Å². The Morgan fingerprint density at radius 3 is 3.00 bits per heavy atom. The van der Waals surface area contributed by atoms with Gasteiger partial charge in [-0.15, -0.1) is 0 Å². The molecule has 0 bridgehead atoms. The summed E-state index contributed by atoms with van der Waals surface area (Å²) in [6.07, 6.45) is 1.55. The molecule has 3 rings (SSSR count). The number of phenolic OH excluding ortho intramolecular Hbond substituents is 1. The van der Waals surface area contributed by atoms with Crippen molar-refractivity contribution in [2.45, 2.75) is 32.4 Å². The van der Waals surface area contributed by atoms with E-state index in [1.54, 1.807) is 13.0 Å². The summed E-state index contributed by atoms with van der Waals surface area (Å²) in [5.74, 6) is 1.44. The molecule has 1 unspecified atom stereocenters. The Morgan fingerprint density at radius 2 is 2.22 bits per heavy atom. The highest BCUT2D eigenvalue weighted by atomic mass is 16.7. The third-order valence-electron chi connectivity index (χ3n) is 4.07. The second-order valence-corrected chi connectivity index (χ2v) is 5.77. The van der Waals surface area contributed by atoms with Crippen molar-refractivity contribution in [1.82, 2.24) is 10.2 Å². The first-order valence-electron chi connectivity index (χ1n) is 7.93. The first kappa shape index (κ1) is 15.7. The summed E-state index contributed by atoms with van der Waals surface area (Å²) in [5, 5.41) is 13.0. The zero-order valence-electron chi connectivity index (χ0n) is 13.2. The van der Waals surface area contributed by atoms with E-state index < -0.39 is 0 Å². The third-order valence-corrected chi connectivity index (χ3v) is 4.07. The van der Waals surface area contributed by atoms with Gasteiger partial charge in [-0.3, -0.25) is 4.90 Å². The topological polar surface area (TPSA) is 80.3 Å². The maximum absolute atomic E-state index is 11.5. The Kier molecular flexibility index (Phi) is 4.76. The number of piperidine rings is 1. The summed E-state index contributed by atoms with van der Waals surface area (Å²) in [6, 6.07) is 3.48. The van der Waals surface area contributed by atoms with Gasteiger partial charge in [0.25, 0.3) is 0 Å². The van der Waals surface area contributed by atoms with Crippen molar-refractivity contribution in [3.05, 3.63) is 17.7 Å². The van der Waals surface area contributed by atoms with Crippen LogP contribution < -0.4 is 14.8 Å². The largest absolute Gasteiger partial charge is 0.507 e. The number of benzene rings is 1. The first-order chi connectivity index (χ1) is 11.2. The smallest absolute Gasteiger partial charge is 0.407 e. The number of nitrogens with zero attached hydrogens (tertiary/aromatic N) is 1. The summed E-state index contributed by atoms with van der Waals surface area (Å²) in [6.45, 7) is 4.60. The van der Waals surface area contributed by atoms with E-state index in [1.165, 1.54) is 0 Å². The molecule has 1 fully saturated rings. The summed E-state index contributed by atoms with van der Waals surface area (Å²) in [4.78, 5) is 13.7. The van der Waals surface area contributed by atoms with Crippen LogP contribution in [0.15, 0.2) is 12.1 Å². The van der Waals surface area contributed by atoms with Crippen LogP contribution in [0.5, 0.6) is 17.2 Å². The summed E-state index contributed by atoms with van der Waals surface area (Å²) >= 11 is 0. The minimum atomic E-state index is -0.370. The predicted molar refractivity (Wildman–Crippen MR) is 82.7 cm³/mol. The van der Waals surface area contributed by atoms with Crippen LogP contribution in [-0.2, 0) is 11.3 Å². The number of amides is 1. The standard InChI is InChI=1S/C16H22N2O5/c1-2-21-16(20)17-12-4-3-5-18(9-12)8-11-6-14-15(7-13(11)19)23-10-22-14/h6-7,12,19H,2-5,8-10H2,1H3,(H,17,20). The Morgan fingerprint density at radius 1 is 1.43 bits per heavy atom. The quantitative estimate of drug-likeness (QED) is 0.880. The minimum absolute atomic E-state index is 0.0685. The number of hydrogen-bond donors (Lipinski definition) is 2. The molecule has 0 radical (unpaired) electrons.